The van der Waals surface area contributed by atoms with Gasteiger partial charge in [0.25, 0.3) is 0 Å². The molecule has 1 aliphatic carbocycles. The van der Waals surface area contributed by atoms with Gasteiger partial charge in [-0.3, -0.25) is 0 Å². The van der Waals surface area contributed by atoms with Crippen molar-refractivity contribution in [1.82, 2.24) is 0 Å². The largest absolute Gasteiger partial charge is 0.489 e. The molecular formula is C24H33NO. The molecule has 2 heteroatoms. The lowest BCUT2D eigenvalue weighted by atomic mass is 9.62. The Bertz CT molecular complexity index is 660. The summed E-state index contributed by atoms with van der Waals surface area (Å²) in [6.45, 7) is 5.11. The third-order valence-electron chi connectivity index (χ3n) is 6.19. The number of nitrogens with two attached hydrogens (primary N) is 1. The molecule has 1 fully saturated rings. The van der Waals surface area contributed by atoms with E-state index in [1.54, 1.807) is 0 Å². The van der Waals surface area contributed by atoms with Gasteiger partial charge in [0, 0.05) is 6.04 Å². The van der Waals surface area contributed by atoms with Crippen LogP contribution in [-0.4, -0.2) is 6.04 Å². The molecule has 2 N–H and O–H groups in total. The second kappa shape index (κ2) is 8.73. The van der Waals surface area contributed by atoms with Crippen LogP contribution >= 0.6 is 0 Å². The third-order valence-corrected chi connectivity index (χ3v) is 6.19. The average molecular weight is 352 g/mol. The maximum Gasteiger partial charge on any atom is 0.119 e. The van der Waals surface area contributed by atoms with Gasteiger partial charge in [0.1, 0.15) is 12.4 Å². The van der Waals surface area contributed by atoms with Crippen molar-refractivity contribution in [3.63, 3.8) is 0 Å². The Balaban J connectivity index is 1.64. The van der Waals surface area contributed by atoms with Crippen LogP contribution in [0.4, 0.5) is 0 Å². The quantitative estimate of drug-likeness (QED) is 0.658. The highest BCUT2D eigenvalue weighted by molar-refractivity contribution is 5.30. The molecule has 3 atom stereocenters. The molecule has 2 nitrogen and oxygen atoms in total. The van der Waals surface area contributed by atoms with E-state index in [9.17, 15) is 0 Å². The predicted octanol–water partition coefficient (Wildman–Crippen LogP) is 6.06. The molecule has 0 aliphatic heterocycles. The van der Waals surface area contributed by atoms with Gasteiger partial charge in [-0.1, -0.05) is 62.2 Å². The van der Waals surface area contributed by atoms with Crippen molar-refractivity contribution in [3.8, 4) is 5.75 Å². The fourth-order valence-electron chi connectivity index (χ4n) is 4.62. The predicted molar refractivity (Wildman–Crippen MR) is 109 cm³/mol. The highest BCUT2D eigenvalue weighted by Gasteiger charge is 2.38. The summed E-state index contributed by atoms with van der Waals surface area (Å²) in [5.41, 5.74) is 9.39. The third kappa shape index (κ3) is 4.48. The van der Waals surface area contributed by atoms with Gasteiger partial charge in [-0.25, -0.2) is 0 Å². The first-order valence-electron chi connectivity index (χ1n) is 10.2. The van der Waals surface area contributed by atoms with Crippen LogP contribution in [0.2, 0.25) is 0 Å². The Morgan fingerprint density at radius 1 is 1.12 bits per heavy atom. The highest BCUT2D eigenvalue weighted by atomic mass is 16.5. The second-order valence-electron chi connectivity index (χ2n) is 8.04. The highest BCUT2D eigenvalue weighted by Crippen LogP contribution is 2.48. The maximum absolute atomic E-state index is 6.43. The minimum atomic E-state index is 0.277. The SMILES string of the molecule is CCCC1(C(C)N)CCCC(c2ccc(OCc3ccccc3)cc2)C1. The van der Waals surface area contributed by atoms with E-state index in [0.29, 0.717) is 17.9 Å². The lowest BCUT2D eigenvalue weighted by molar-refractivity contribution is 0.122. The van der Waals surface area contributed by atoms with Gasteiger partial charge in [-0.15, -0.1) is 0 Å². The summed E-state index contributed by atoms with van der Waals surface area (Å²) in [4.78, 5) is 0. The van der Waals surface area contributed by atoms with Crippen LogP contribution in [0.15, 0.2) is 54.6 Å². The van der Waals surface area contributed by atoms with Crippen LogP contribution in [0.1, 0.15) is 69.4 Å². The van der Waals surface area contributed by atoms with Crippen molar-refractivity contribution in [2.45, 2.75) is 70.9 Å². The zero-order chi connectivity index (χ0) is 18.4. The minimum absolute atomic E-state index is 0.277. The summed E-state index contributed by atoms with van der Waals surface area (Å²) >= 11 is 0. The van der Waals surface area contributed by atoms with Gasteiger partial charge in [0.2, 0.25) is 0 Å². The van der Waals surface area contributed by atoms with Crippen molar-refractivity contribution in [3.05, 3.63) is 65.7 Å². The topological polar surface area (TPSA) is 35.2 Å². The number of hydrogen-bond acceptors (Lipinski definition) is 2. The van der Waals surface area contributed by atoms with E-state index in [1.165, 1.54) is 49.7 Å². The maximum atomic E-state index is 6.43. The summed E-state index contributed by atoms with van der Waals surface area (Å²) in [7, 11) is 0. The molecule has 1 aliphatic rings. The molecule has 26 heavy (non-hydrogen) atoms. The van der Waals surface area contributed by atoms with Gasteiger partial charge in [0.05, 0.1) is 0 Å². The average Bonchev–Trinajstić information content (AvgIpc) is 2.68. The summed E-state index contributed by atoms with van der Waals surface area (Å²) < 4.78 is 5.93. The van der Waals surface area contributed by atoms with Crippen LogP contribution in [-0.2, 0) is 6.61 Å². The molecule has 0 saturated heterocycles. The van der Waals surface area contributed by atoms with E-state index < -0.39 is 0 Å². The lowest BCUT2D eigenvalue weighted by Gasteiger charge is -2.44. The van der Waals surface area contributed by atoms with Gasteiger partial charge in [-0.2, -0.15) is 0 Å². The molecule has 3 unspecified atom stereocenters. The lowest BCUT2D eigenvalue weighted by Crippen LogP contribution is -2.42. The Hall–Kier alpha value is -1.80. The smallest absolute Gasteiger partial charge is 0.119 e. The summed E-state index contributed by atoms with van der Waals surface area (Å²) in [5, 5.41) is 0. The fraction of sp³-hybridized carbons (Fsp3) is 0.500. The second-order valence-corrected chi connectivity index (χ2v) is 8.04. The van der Waals surface area contributed by atoms with E-state index in [1.807, 2.05) is 18.2 Å². The van der Waals surface area contributed by atoms with Crippen LogP contribution in [0.3, 0.4) is 0 Å². The Kier molecular flexibility index (Phi) is 6.37. The van der Waals surface area contributed by atoms with Crippen LogP contribution < -0.4 is 10.5 Å². The monoisotopic (exact) mass is 351 g/mol. The zero-order valence-corrected chi connectivity index (χ0v) is 16.3. The molecular weight excluding hydrogens is 318 g/mol. The van der Waals surface area contributed by atoms with E-state index in [0.717, 1.165) is 5.75 Å². The van der Waals surface area contributed by atoms with Gasteiger partial charge >= 0.3 is 0 Å². The minimum Gasteiger partial charge on any atom is -0.489 e. The normalized spacial score (nSPS) is 24.2. The van der Waals surface area contributed by atoms with Crippen molar-refractivity contribution < 1.29 is 4.74 Å². The van der Waals surface area contributed by atoms with Crippen molar-refractivity contribution in [2.24, 2.45) is 11.1 Å². The van der Waals surface area contributed by atoms with Gasteiger partial charge < -0.3 is 10.5 Å². The molecule has 0 aromatic heterocycles. The number of benzene rings is 2. The van der Waals surface area contributed by atoms with E-state index >= 15 is 0 Å². The molecule has 0 heterocycles. The first kappa shape index (κ1) is 19.0. The van der Waals surface area contributed by atoms with Gasteiger partial charge in [0.15, 0.2) is 0 Å². The Morgan fingerprint density at radius 2 is 1.85 bits per heavy atom. The Morgan fingerprint density at radius 3 is 2.50 bits per heavy atom. The van der Waals surface area contributed by atoms with Crippen LogP contribution in [0, 0.1) is 5.41 Å². The molecule has 0 spiro atoms. The van der Waals surface area contributed by atoms with Gasteiger partial charge in [-0.05, 0) is 67.2 Å². The zero-order valence-electron chi connectivity index (χ0n) is 16.3. The first-order chi connectivity index (χ1) is 12.6. The molecule has 1 saturated carbocycles. The standard InChI is InChI=1S/C24H33NO/c1-3-15-24(19(2)25)16-7-10-22(17-24)21-11-13-23(14-12-21)26-18-20-8-5-4-6-9-20/h4-6,8-9,11-14,19,22H,3,7,10,15-18,25H2,1-2H3. The van der Waals surface area contributed by atoms with Crippen LogP contribution in [0.5, 0.6) is 5.75 Å². The van der Waals surface area contributed by atoms with E-state index in [4.69, 9.17) is 10.5 Å². The summed E-state index contributed by atoms with van der Waals surface area (Å²) in [5.74, 6) is 1.57. The fourth-order valence-corrected chi connectivity index (χ4v) is 4.62. The summed E-state index contributed by atoms with van der Waals surface area (Å²) in [6, 6.07) is 19.4. The first-order valence-corrected chi connectivity index (χ1v) is 10.2. The molecule has 0 radical (unpaired) electrons. The van der Waals surface area contributed by atoms with Crippen molar-refractivity contribution in [1.29, 1.82) is 0 Å². The summed E-state index contributed by atoms with van der Waals surface area (Å²) in [6.07, 6.45) is 7.55. The molecule has 3 rings (SSSR count). The molecule has 2 aromatic rings. The van der Waals surface area contributed by atoms with E-state index in [-0.39, 0.29) is 6.04 Å². The molecule has 2 aromatic carbocycles. The number of hydrogen-bond donors (Lipinski definition) is 1. The molecule has 0 amide bonds. The Labute approximate surface area is 158 Å². The molecule has 0 bridgehead atoms. The van der Waals surface area contributed by atoms with Crippen molar-refractivity contribution >= 4 is 0 Å². The number of rotatable bonds is 7. The van der Waals surface area contributed by atoms with Crippen LogP contribution in [0.25, 0.3) is 0 Å². The molecule has 140 valence electrons. The number of ether oxygens (including phenoxy) is 1. The van der Waals surface area contributed by atoms with Crippen molar-refractivity contribution in [2.75, 3.05) is 0 Å². The van der Waals surface area contributed by atoms with E-state index in [2.05, 4.69) is 50.2 Å².